The molecule has 0 aliphatic heterocycles. The molecule has 0 amide bonds. The first-order valence-corrected chi connectivity index (χ1v) is 7.63. The molecule has 0 aliphatic rings. The molecule has 0 heterocycles. The molecule has 3 heteroatoms. The zero-order chi connectivity index (χ0) is 15.0. The van der Waals surface area contributed by atoms with E-state index in [1.54, 1.807) is 0 Å². The average molecular weight is 277 g/mol. The highest BCUT2D eigenvalue weighted by atomic mass is 16.4. The lowest BCUT2D eigenvalue weighted by Gasteiger charge is -2.35. The van der Waals surface area contributed by atoms with Crippen LogP contribution >= 0.6 is 0 Å². The van der Waals surface area contributed by atoms with Crippen molar-refractivity contribution in [3.63, 3.8) is 0 Å². The summed E-state index contributed by atoms with van der Waals surface area (Å²) in [6.45, 7) is 7.60. The van der Waals surface area contributed by atoms with E-state index in [-0.39, 0.29) is 0 Å². The number of rotatable bonds is 9. The highest BCUT2D eigenvalue weighted by molar-refractivity contribution is 5.75. The molecule has 1 aromatic carbocycles. The van der Waals surface area contributed by atoms with Gasteiger partial charge in [-0.3, -0.25) is 4.79 Å². The van der Waals surface area contributed by atoms with Crippen LogP contribution in [0.2, 0.25) is 0 Å². The minimum absolute atomic E-state index is 0.583. The van der Waals surface area contributed by atoms with Crippen molar-refractivity contribution in [3.05, 3.63) is 30.3 Å². The number of carbonyl (C=O) groups is 1. The van der Waals surface area contributed by atoms with Gasteiger partial charge in [0.15, 0.2) is 0 Å². The van der Waals surface area contributed by atoms with Crippen LogP contribution in [-0.2, 0) is 4.79 Å². The van der Waals surface area contributed by atoms with Crippen molar-refractivity contribution in [2.24, 2.45) is 5.41 Å². The topological polar surface area (TPSA) is 40.5 Å². The van der Waals surface area contributed by atoms with Crippen molar-refractivity contribution in [1.29, 1.82) is 0 Å². The molecule has 1 aromatic rings. The maximum absolute atomic E-state index is 11.7. The van der Waals surface area contributed by atoms with Crippen LogP contribution in [0.3, 0.4) is 0 Å². The van der Waals surface area contributed by atoms with Crippen molar-refractivity contribution < 1.29 is 9.90 Å². The van der Waals surface area contributed by atoms with Gasteiger partial charge < -0.3 is 10.0 Å². The second-order valence-electron chi connectivity index (χ2n) is 5.40. The van der Waals surface area contributed by atoms with Gasteiger partial charge in [0, 0.05) is 18.8 Å². The van der Waals surface area contributed by atoms with Gasteiger partial charge in [-0.15, -0.1) is 0 Å². The average Bonchev–Trinajstić information content (AvgIpc) is 2.48. The Morgan fingerprint density at radius 1 is 1.15 bits per heavy atom. The highest BCUT2D eigenvalue weighted by Crippen LogP contribution is 2.30. The summed E-state index contributed by atoms with van der Waals surface area (Å²) in [5, 5.41) is 9.62. The van der Waals surface area contributed by atoms with Crippen molar-refractivity contribution in [2.45, 2.75) is 46.5 Å². The molecule has 0 spiro atoms. The molecule has 0 saturated heterocycles. The smallest absolute Gasteiger partial charge is 0.311 e. The Morgan fingerprint density at radius 2 is 1.75 bits per heavy atom. The first-order chi connectivity index (χ1) is 9.59. The molecule has 20 heavy (non-hydrogen) atoms. The minimum Gasteiger partial charge on any atom is -0.481 e. The van der Waals surface area contributed by atoms with Crippen molar-refractivity contribution in [2.75, 3.05) is 18.0 Å². The van der Waals surface area contributed by atoms with Gasteiger partial charge in [0.25, 0.3) is 0 Å². The zero-order valence-corrected chi connectivity index (χ0v) is 12.9. The number of carboxylic acids is 1. The largest absolute Gasteiger partial charge is 0.481 e. The minimum atomic E-state index is -0.681. The first kappa shape index (κ1) is 16.5. The van der Waals surface area contributed by atoms with Crippen LogP contribution in [0.15, 0.2) is 30.3 Å². The Kier molecular flexibility index (Phi) is 6.56. The SMILES string of the molecule is CCCCN(CC(CC)(CC)C(=O)O)c1ccccc1. The Morgan fingerprint density at radius 3 is 2.20 bits per heavy atom. The normalized spacial score (nSPS) is 11.3. The van der Waals surface area contributed by atoms with E-state index in [0.29, 0.717) is 19.4 Å². The third kappa shape index (κ3) is 3.99. The van der Waals surface area contributed by atoms with Crippen LogP contribution in [0.5, 0.6) is 0 Å². The zero-order valence-electron chi connectivity index (χ0n) is 12.9. The second-order valence-corrected chi connectivity index (χ2v) is 5.40. The predicted molar refractivity (Wildman–Crippen MR) is 84.2 cm³/mol. The van der Waals surface area contributed by atoms with Gasteiger partial charge in [-0.1, -0.05) is 45.4 Å². The lowest BCUT2D eigenvalue weighted by atomic mass is 9.81. The van der Waals surface area contributed by atoms with E-state index in [9.17, 15) is 9.90 Å². The summed E-state index contributed by atoms with van der Waals surface area (Å²) in [4.78, 5) is 13.9. The number of nitrogens with zero attached hydrogens (tertiary/aromatic N) is 1. The third-order valence-corrected chi connectivity index (χ3v) is 4.20. The second kappa shape index (κ2) is 7.93. The van der Waals surface area contributed by atoms with Crippen LogP contribution in [0.1, 0.15) is 46.5 Å². The molecule has 1 N–H and O–H groups in total. The molecule has 112 valence electrons. The number of hydrogen-bond donors (Lipinski definition) is 1. The van der Waals surface area contributed by atoms with Crippen LogP contribution < -0.4 is 4.90 Å². The molecule has 0 aliphatic carbocycles. The number of carboxylic acid groups (broad SMARTS) is 1. The fraction of sp³-hybridized carbons (Fsp3) is 0.588. The van der Waals surface area contributed by atoms with E-state index < -0.39 is 11.4 Å². The third-order valence-electron chi connectivity index (χ3n) is 4.20. The predicted octanol–water partition coefficient (Wildman–Crippen LogP) is 4.18. The van der Waals surface area contributed by atoms with Crippen LogP contribution in [0.25, 0.3) is 0 Å². The van der Waals surface area contributed by atoms with E-state index in [0.717, 1.165) is 25.1 Å². The number of para-hydroxylation sites is 1. The Labute approximate surface area is 122 Å². The monoisotopic (exact) mass is 277 g/mol. The van der Waals surface area contributed by atoms with Gasteiger partial charge in [-0.05, 0) is 31.4 Å². The Hall–Kier alpha value is -1.51. The van der Waals surface area contributed by atoms with Gasteiger partial charge in [0.05, 0.1) is 5.41 Å². The number of aliphatic carboxylic acids is 1. The van der Waals surface area contributed by atoms with Crippen LogP contribution in [-0.4, -0.2) is 24.2 Å². The van der Waals surface area contributed by atoms with Crippen LogP contribution in [0.4, 0.5) is 5.69 Å². The molecule has 0 radical (unpaired) electrons. The summed E-state index contributed by atoms with van der Waals surface area (Å²) >= 11 is 0. The lowest BCUT2D eigenvalue weighted by molar-refractivity contribution is -0.148. The van der Waals surface area contributed by atoms with E-state index in [4.69, 9.17) is 0 Å². The summed E-state index contributed by atoms with van der Waals surface area (Å²) in [5.41, 5.74) is 0.470. The molecule has 0 bridgehead atoms. The summed E-state index contributed by atoms with van der Waals surface area (Å²) in [6, 6.07) is 10.1. The number of anilines is 1. The van der Waals surface area contributed by atoms with Crippen molar-refractivity contribution in [1.82, 2.24) is 0 Å². The number of unbranched alkanes of at least 4 members (excludes halogenated alkanes) is 1. The van der Waals surface area contributed by atoms with Gasteiger partial charge in [-0.25, -0.2) is 0 Å². The van der Waals surface area contributed by atoms with Gasteiger partial charge >= 0.3 is 5.97 Å². The molecule has 0 unspecified atom stereocenters. The molecule has 0 atom stereocenters. The number of benzene rings is 1. The molecule has 1 rings (SSSR count). The molecule has 0 aromatic heterocycles. The van der Waals surface area contributed by atoms with E-state index >= 15 is 0 Å². The summed E-state index contributed by atoms with van der Waals surface area (Å²) in [7, 11) is 0. The fourth-order valence-corrected chi connectivity index (χ4v) is 2.50. The molecule has 3 nitrogen and oxygen atoms in total. The summed E-state index contributed by atoms with van der Waals surface area (Å²) < 4.78 is 0. The maximum atomic E-state index is 11.7. The van der Waals surface area contributed by atoms with E-state index in [1.165, 1.54) is 0 Å². The quantitative estimate of drug-likeness (QED) is 0.736. The molecular weight excluding hydrogens is 250 g/mol. The van der Waals surface area contributed by atoms with E-state index in [2.05, 4.69) is 24.0 Å². The highest BCUT2D eigenvalue weighted by Gasteiger charge is 2.36. The Bertz CT molecular complexity index is 399. The first-order valence-electron chi connectivity index (χ1n) is 7.63. The maximum Gasteiger partial charge on any atom is 0.311 e. The van der Waals surface area contributed by atoms with Gasteiger partial charge in [0.2, 0.25) is 0 Å². The standard InChI is InChI=1S/C17H27NO2/c1-4-7-13-18(15-11-9-8-10-12-15)14-17(5-2,6-3)16(19)20/h8-12H,4-7,13-14H2,1-3H3,(H,19,20). The summed E-state index contributed by atoms with van der Waals surface area (Å²) in [5.74, 6) is -0.681. The lowest BCUT2D eigenvalue weighted by Crippen LogP contribution is -2.43. The van der Waals surface area contributed by atoms with E-state index in [1.807, 2.05) is 32.0 Å². The molecule has 0 fully saturated rings. The molecule has 0 saturated carbocycles. The van der Waals surface area contributed by atoms with Crippen LogP contribution in [0, 0.1) is 5.41 Å². The van der Waals surface area contributed by atoms with Gasteiger partial charge in [0.1, 0.15) is 0 Å². The van der Waals surface area contributed by atoms with Crippen molar-refractivity contribution >= 4 is 11.7 Å². The van der Waals surface area contributed by atoms with Gasteiger partial charge in [-0.2, -0.15) is 0 Å². The number of hydrogen-bond acceptors (Lipinski definition) is 2. The fourth-order valence-electron chi connectivity index (χ4n) is 2.50. The summed E-state index contributed by atoms with van der Waals surface area (Å²) in [6.07, 6.45) is 3.52. The molecular formula is C17H27NO2. The van der Waals surface area contributed by atoms with Crippen molar-refractivity contribution in [3.8, 4) is 0 Å². The Balaban J connectivity index is 2.96.